The summed E-state index contributed by atoms with van der Waals surface area (Å²) < 4.78 is 6.34. The van der Waals surface area contributed by atoms with Crippen LogP contribution < -0.4 is 4.90 Å². The molecular weight excluding hydrogens is 406 g/mol. The van der Waals surface area contributed by atoms with Gasteiger partial charge in [-0.15, -0.1) is 11.3 Å². The summed E-state index contributed by atoms with van der Waals surface area (Å²) in [5.41, 5.74) is 5.94. The highest BCUT2D eigenvalue weighted by Crippen LogP contribution is 2.45. The SMILES string of the molecule is Cc1c(-c2ccccc2)c(N2CCC(N(C)C)C2)c2oc(-c3nccs3)nc2c1C#N. The van der Waals surface area contributed by atoms with Crippen molar-refractivity contribution in [3.05, 3.63) is 53.0 Å². The molecule has 6 nitrogen and oxygen atoms in total. The number of oxazole rings is 1. The average molecular weight is 430 g/mol. The second-order valence-corrected chi connectivity index (χ2v) is 8.98. The first kappa shape index (κ1) is 19.7. The van der Waals surface area contributed by atoms with Gasteiger partial charge in [-0.05, 0) is 38.6 Å². The average Bonchev–Trinajstić information content (AvgIpc) is 3.53. The van der Waals surface area contributed by atoms with E-state index in [9.17, 15) is 5.26 Å². The van der Waals surface area contributed by atoms with Crippen LogP contribution in [0.4, 0.5) is 5.69 Å². The zero-order valence-electron chi connectivity index (χ0n) is 17.8. The van der Waals surface area contributed by atoms with Crippen molar-refractivity contribution < 1.29 is 4.42 Å². The second-order valence-electron chi connectivity index (χ2n) is 8.09. The molecule has 2 aromatic heterocycles. The van der Waals surface area contributed by atoms with Gasteiger partial charge in [-0.1, -0.05) is 30.3 Å². The predicted octanol–water partition coefficient (Wildman–Crippen LogP) is 4.94. The van der Waals surface area contributed by atoms with Crippen LogP contribution in [0.15, 0.2) is 46.3 Å². The first-order valence-electron chi connectivity index (χ1n) is 10.3. The van der Waals surface area contributed by atoms with E-state index in [1.165, 1.54) is 11.3 Å². The Morgan fingerprint density at radius 3 is 2.71 bits per heavy atom. The molecule has 0 spiro atoms. The van der Waals surface area contributed by atoms with Crippen LogP contribution in [0.1, 0.15) is 17.5 Å². The van der Waals surface area contributed by atoms with Crippen molar-refractivity contribution in [2.75, 3.05) is 32.1 Å². The number of aromatic nitrogens is 2. The summed E-state index contributed by atoms with van der Waals surface area (Å²) in [6.07, 6.45) is 2.82. The zero-order valence-corrected chi connectivity index (χ0v) is 18.6. The molecule has 0 amide bonds. The first-order chi connectivity index (χ1) is 15.1. The molecule has 1 fully saturated rings. The highest BCUT2D eigenvalue weighted by molar-refractivity contribution is 7.12. The third-order valence-corrected chi connectivity index (χ3v) is 6.83. The van der Waals surface area contributed by atoms with Gasteiger partial charge in [-0.2, -0.15) is 5.26 Å². The summed E-state index contributed by atoms with van der Waals surface area (Å²) in [5, 5.41) is 12.7. The molecule has 0 N–H and O–H groups in total. The smallest absolute Gasteiger partial charge is 0.257 e. The molecule has 0 aliphatic carbocycles. The van der Waals surface area contributed by atoms with Gasteiger partial charge < -0.3 is 14.2 Å². The minimum absolute atomic E-state index is 0.468. The lowest BCUT2D eigenvalue weighted by Gasteiger charge is -2.25. The lowest BCUT2D eigenvalue weighted by molar-refractivity contribution is 0.315. The van der Waals surface area contributed by atoms with E-state index in [0.717, 1.165) is 46.9 Å². The largest absolute Gasteiger partial charge is 0.432 e. The number of anilines is 1. The first-order valence-corrected chi connectivity index (χ1v) is 11.2. The van der Waals surface area contributed by atoms with Gasteiger partial charge >= 0.3 is 0 Å². The molecule has 4 aromatic rings. The fraction of sp³-hybridized carbons (Fsp3) is 0.292. The van der Waals surface area contributed by atoms with Crippen LogP contribution in [0.25, 0.3) is 33.1 Å². The van der Waals surface area contributed by atoms with Gasteiger partial charge in [-0.25, -0.2) is 9.97 Å². The minimum atomic E-state index is 0.468. The lowest BCUT2D eigenvalue weighted by atomic mass is 9.93. The fourth-order valence-corrected chi connectivity index (χ4v) is 4.99. The van der Waals surface area contributed by atoms with Gasteiger partial charge in [0.05, 0.1) is 11.3 Å². The maximum atomic E-state index is 10.0. The maximum Gasteiger partial charge on any atom is 0.257 e. The van der Waals surface area contributed by atoms with E-state index in [-0.39, 0.29) is 0 Å². The third-order valence-electron chi connectivity index (χ3n) is 6.07. The molecule has 5 rings (SSSR count). The van der Waals surface area contributed by atoms with Crippen molar-refractivity contribution in [1.82, 2.24) is 14.9 Å². The molecule has 3 heterocycles. The Bertz CT molecular complexity index is 1270. The minimum Gasteiger partial charge on any atom is -0.432 e. The molecule has 156 valence electrons. The summed E-state index contributed by atoms with van der Waals surface area (Å²) in [6.45, 7) is 3.85. The molecule has 1 aliphatic rings. The Balaban J connectivity index is 1.82. The number of nitriles is 1. The van der Waals surface area contributed by atoms with Crippen molar-refractivity contribution >= 4 is 28.1 Å². The Kier molecular flexibility index (Phi) is 4.97. The van der Waals surface area contributed by atoms with E-state index >= 15 is 0 Å². The topological polar surface area (TPSA) is 69.2 Å². The number of nitrogens with zero attached hydrogens (tertiary/aromatic N) is 5. The van der Waals surface area contributed by atoms with Crippen molar-refractivity contribution in [2.24, 2.45) is 0 Å². The summed E-state index contributed by atoms with van der Waals surface area (Å²) in [7, 11) is 4.25. The van der Waals surface area contributed by atoms with Crippen molar-refractivity contribution in [2.45, 2.75) is 19.4 Å². The molecule has 31 heavy (non-hydrogen) atoms. The van der Waals surface area contributed by atoms with Crippen LogP contribution >= 0.6 is 11.3 Å². The number of hydrogen-bond donors (Lipinski definition) is 0. The molecule has 1 saturated heterocycles. The van der Waals surface area contributed by atoms with Gasteiger partial charge in [-0.3, -0.25) is 0 Å². The standard InChI is InChI=1S/C24H23N5OS/c1-15-18(13-25)20-22(30-23(27-20)24-26-10-12-31-24)21(19(15)16-7-5-4-6-8-16)29-11-9-17(14-29)28(2)3/h4-8,10,12,17H,9,11,14H2,1-3H3. The molecule has 2 aromatic carbocycles. The van der Waals surface area contributed by atoms with Crippen LogP contribution in [-0.2, 0) is 0 Å². The van der Waals surface area contributed by atoms with Gasteiger partial charge in [0.1, 0.15) is 11.6 Å². The van der Waals surface area contributed by atoms with Crippen molar-refractivity contribution in [3.63, 3.8) is 0 Å². The van der Waals surface area contributed by atoms with E-state index < -0.39 is 0 Å². The normalized spacial score (nSPS) is 16.4. The van der Waals surface area contributed by atoms with Crippen molar-refractivity contribution in [3.8, 4) is 28.1 Å². The van der Waals surface area contributed by atoms with E-state index in [1.807, 2.05) is 30.5 Å². The van der Waals surface area contributed by atoms with Crippen LogP contribution in [0.2, 0.25) is 0 Å². The summed E-state index contributed by atoms with van der Waals surface area (Å²) >= 11 is 1.48. The Morgan fingerprint density at radius 1 is 1.26 bits per heavy atom. The van der Waals surface area contributed by atoms with Gasteiger partial charge in [0.25, 0.3) is 5.89 Å². The number of likely N-dealkylation sites (N-methyl/N-ethyl adjacent to an activating group) is 1. The molecular formula is C24H23N5OS. The van der Waals surface area contributed by atoms with E-state index in [1.54, 1.807) is 6.20 Å². The molecule has 0 radical (unpaired) electrons. The number of rotatable bonds is 4. The number of fused-ring (bicyclic) bond motifs is 1. The predicted molar refractivity (Wildman–Crippen MR) is 124 cm³/mol. The van der Waals surface area contributed by atoms with Gasteiger partial charge in [0.2, 0.25) is 0 Å². The third kappa shape index (κ3) is 3.29. The van der Waals surface area contributed by atoms with E-state index in [2.05, 4.69) is 47.1 Å². The number of hydrogen-bond acceptors (Lipinski definition) is 7. The second kappa shape index (κ2) is 7.80. The highest BCUT2D eigenvalue weighted by Gasteiger charge is 2.32. The van der Waals surface area contributed by atoms with Gasteiger partial charge in [0.15, 0.2) is 10.6 Å². The molecule has 1 unspecified atom stereocenters. The Hall–Kier alpha value is -3.21. The molecule has 0 bridgehead atoms. The zero-order chi connectivity index (χ0) is 21.5. The number of benzene rings is 2. The number of thiazole rings is 1. The molecule has 1 aliphatic heterocycles. The molecule has 0 saturated carbocycles. The van der Waals surface area contributed by atoms with Gasteiger partial charge in [0, 0.05) is 36.3 Å². The van der Waals surface area contributed by atoms with Crippen LogP contribution in [-0.4, -0.2) is 48.1 Å². The van der Waals surface area contributed by atoms with E-state index in [0.29, 0.717) is 28.6 Å². The summed E-state index contributed by atoms with van der Waals surface area (Å²) in [6, 6.07) is 13.1. The van der Waals surface area contributed by atoms with Crippen LogP contribution in [0, 0.1) is 18.3 Å². The Labute approximate surface area is 185 Å². The molecule has 7 heteroatoms. The summed E-state index contributed by atoms with van der Waals surface area (Å²) in [4.78, 5) is 13.8. The highest BCUT2D eigenvalue weighted by atomic mass is 32.1. The van der Waals surface area contributed by atoms with Crippen LogP contribution in [0.3, 0.4) is 0 Å². The Morgan fingerprint density at radius 2 is 2.06 bits per heavy atom. The quantitative estimate of drug-likeness (QED) is 0.458. The molecule has 1 atom stereocenters. The van der Waals surface area contributed by atoms with Crippen LogP contribution in [0.5, 0.6) is 0 Å². The monoisotopic (exact) mass is 429 g/mol. The lowest BCUT2D eigenvalue weighted by Crippen LogP contribution is -2.31. The van der Waals surface area contributed by atoms with Crippen molar-refractivity contribution in [1.29, 1.82) is 5.26 Å². The fourth-order valence-electron chi connectivity index (χ4n) is 4.43. The maximum absolute atomic E-state index is 10.0. The summed E-state index contributed by atoms with van der Waals surface area (Å²) in [5.74, 6) is 0.468. The van der Waals surface area contributed by atoms with E-state index in [4.69, 9.17) is 9.40 Å².